The molecule has 0 saturated heterocycles. The van der Waals surface area contributed by atoms with E-state index in [1.54, 1.807) is 0 Å². The van der Waals surface area contributed by atoms with Crippen LogP contribution in [0.2, 0.25) is 0 Å². The lowest BCUT2D eigenvalue weighted by atomic mass is 10.1. The summed E-state index contributed by atoms with van der Waals surface area (Å²) in [5, 5.41) is 4.00. The van der Waals surface area contributed by atoms with Crippen LogP contribution in [-0.4, -0.2) is 16.7 Å². The fourth-order valence-corrected chi connectivity index (χ4v) is 1.73. The molecule has 1 aromatic heterocycles. The zero-order valence-corrected chi connectivity index (χ0v) is 10.7. The number of hydrogen-bond acceptors (Lipinski definition) is 4. The maximum Gasteiger partial charge on any atom is 0.226 e. The van der Waals surface area contributed by atoms with Crippen LogP contribution < -0.4 is 5.73 Å². The molecule has 1 atom stereocenters. The molecule has 0 saturated carbocycles. The van der Waals surface area contributed by atoms with Crippen LogP contribution in [-0.2, 0) is 12.8 Å². The molecule has 0 amide bonds. The van der Waals surface area contributed by atoms with Crippen LogP contribution >= 0.6 is 0 Å². The van der Waals surface area contributed by atoms with Crippen LogP contribution in [0.25, 0.3) is 0 Å². The number of benzene rings is 1. The Hall–Kier alpha value is -1.68. The SMILES string of the molecule is CC(CN)CCc1nc(Cc2ccccc2)no1. The van der Waals surface area contributed by atoms with Gasteiger partial charge in [0.05, 0.1) is 0 Å². The van der Waals surface area contributed by atoms with Gasteiger partial charge >= 0.3 is 0 Å². The number of hydrogen-bond donors (Lipinski definition) is 1. The molecule has 0 fully saturated rings. The summed E-state index contributed by atoms with van der Waals surface area (Å²) in [7, 11) is 0. The Morgan fingerprint density at radius 1 is 1.28 bits per heavy atom. The van der Waals surface area contributed by atoms with Gasteiger partial charge in [-0.3, -0.25) is 0 Å². The van der Waals surface area contributed by atoms with Crippen molar-refractivity contribution in [2.75, 3.05) is 6.54 Å². The van der Waals surface area contributed by atoms with E-state index in [0.29, 0.717) is 18.4 Å². The Kier molecular flexibility index (Phi) is 4.47. The highest BCUT2D eigenvalue weighted by Crippen LogP contribution is 2.10. The van der Waals surface area contributed by atoms with Gasteiger partial charge < -0.3 is 10.3 Å². The Labute approximate surface area is 107 Å². The van der Waals surface area contributed by atoms with Crippen molar-refractivity contribution in [1.82, 2.24) is 10.1 Å². The average Bonchev–Trinajstić information content (AvgIpc) is 2.85. The first-order valence-corrected chi connectivity index (χ1v) is 6.33. The Bertz CT molecular complexity index is 467. The van der Waals surface area contributed by atoms with Crippen molar-refractivity contribution in [2.45, 2.75) is 26.2 Å². The normalized spacial score (nSPS) is 12.6. The lowest BCUT2D eigenvalue weighted by Gasteiger charge is -2.03. The van der Waals surface area contributed by atoms with Crippen LogP contribution in [0.15, 0.2) is 34.9 Å². The zero-order chi connectivity index (χ0) is 12.8. The molecule has 4 heteroatoms. The van der Waals surface area contributed by atoms with Gasteiger partial charge in [0.25, 0.3) is 0 Å². The molecule has 0 bridgehead atoms. The highest BCUT2D eigenvalue weighted by Gasteiger charge is 2.08. The van der Waals surface area contributed by atoms with E-state index in [2.05, 4.69) is 29.2 Å². The number of aryl methyl sites for hydroxylation is 1. The quantitative estimate of drug-likeness (QED) is 0.847. The van der Waals surface area contributed by atoms with Gasteiger partial charge in [-0.1, -0.05) is 42.4 Å². The van der Waals surface area contributed by atoms with E-state index < -0.39 is 0 Å². The van der Waals surface area contributed by atoms with E-state index in [-0.39, 0.29) is 0 Å². The molecular weight excluding hydrogens is 226 g/mol. The molecule has 1 aromatic carbocycles. The zero-order valence-electron chi connectivity index (χ0n) is 10.7. The maximum atomic E-state index is 5.58. The summed E-state index contributed by atoms with van der Waals surface area (Å²) in [5.74, 6) is 1.95. The molecule has 0 spiro atoms. The monoisotopic (exact) mass is 245 g/mol. The number of aromatic nitrogens is 2. The van der Waals surface area contributed by atoms with E-state index >= 15 is 0 Å². The summed E-state index contributed by atoms with van der Waals surface area (Å²) in [5.41, 5.74) is 6.77. The topological polar surface area (TPSA) is 64.9 Å². The van der Waals surface area contributed by atoms with Crippen molar-refractivity contribution in [3.63, 3.8) is 0 Å². The van der Waals surface area contributed by atoms with Gasteiger partial charge in [-0.05, 0) is 24.4 Å². The Morgan fingerprint density at radius 2 is 2.06 bits per heavy atom. The van der Waals surface area contributed by atoms with Gasteiger partial charge in [-0.25, -0.2) is 0 Å². The van der Waals surface area contributed by atoms with Gasteiger partial charge in [-0.15, -0.1) is 0 Å². The van der Waals surface area contributed by atoms with Crippen molar-refractivity contribution >= 4 is 0 Å². The van der Waals surface area contributed by atoms with E-state index in [4.69, 9.17) is 10.3 Å². The van der Waals surface area contributed by atoms with Gasteiger partial charge in [0, 0.05) is 12.8 Å². The summed E-state index contributed by atoms with van der Waals surface area (Å²) in [6, 6.07) is 10.1. The highest BCUT2D eigenvalue weighted by atomic mass is 16.5. The summed E-state index contributed by atoms with van der Waals surface area (Å²) >= 11 is 0. The molecule has 0 aliphatic heterocycles. The molecule has 0 aliphatic carbocycles. The van der Waals surface area contributed by atoms with Crippen LogP contribution in [0.5, 0.6) is 0 Å². The van der Waals surface area contributed by atoms with Crippen molar-refractivity contribution in [1.29, 1.82) is 0 Å². The fraction of sp³-hybridized carbons (Fsp3) is 0.429. The first-order valence-electron chi connectivity index (χ1n) is 6.33. The Balaban J connectivity index is 1.90. The third-order valence-electron chi connectivity index (χ3n) is 2.97. The lowest BCUT2D eigenvalue weighted by Crippen LogP contribution is -2.11. The van der Waals surface area contributed by atoms with Crippen LogP contribution in [0, 0.1) is 5.92 Å². The Morgan fingerprint density at radius 3 is 2.78 bits per heavy atom. The molecule has 2 rings (SSSR count). The van der Waals surface area contributed by atoms with Crippen molar-refractivity contribution in [3.8, 4) is 0 Å². The van der Waals surface area contributed by atoms with Crippen molar-refractivity contribution in [3.05, 3.63) is 47.6 Å². The van der Waals surface area contributed by atoms with E-state index in [1.807, 2.05) is 18.2 Å². The molecule has 1 unspecified atom stereocenters. The van der Waals surface area contributed by atoms with Gasteiger partial charge in [0.15, 0.2) is 5.82 Å². The standard InChI is InChI=1S/C14H19N3O/c1-11(10-15)7-8-14-16-13(17-18-14)9-12-5-3-2-4-6-12/h2-6,11H,7-10,15H2,1H3. The van der Waals surface area contributed by atoms with Crippen LogP contribution in [0.4, 0.5) is 0 Å². The minimum absolute atomic E-state index is 0.495. The molecule has 4 nitrogen and oxygen atoms in total. The summed E-state index contributed by atoms with van der Waals surface area (Å²) in [6.45, 7) is 2.83. The third kappa shape index (κ3) is 3.67. The van der Waals surface area contributed by atoms with Gasteiger partial charge in [0.1, 0.15) is 0 Å². The molecule has 18 heavy (non-hydrogen) atoms. The maximum absolute atomic E-state index is 5.58. The predicted molar refractivity (Wildman–Crippen MR) is 70.1 cm³/mol. The highest BCUT2D eigenvalue weighted by molar-refractivity contribution is 5.18. The number of rotatable bonds is 6. The van der Waals surface area contributed by atoms with Crippen molar-refractivity contribution < 1.29 is 4.52 Å². The largest absolute Gasteiger partial charge is 0.339 e. The minimum atomic E-state index is 0.495. The van der Waals surface area contributed by atoms with E-state index in [0.717, 1.165) is 25.1 Å². The first kappa shape index (κ1) is 12.8. The fourth-order valence-electron chi connectivity index (χ4n) is 1.73. The lowest BCUT2D eigenvalue weighted by molar-refractivity contribution is 0.362. The summed E-state index contributed by atoms with van der Waals surface area (Å²) in [4.78, 5) is 4.39. The molecule has 1 heterocycles. The van der Waals surface area contributed by atoms with Crippen molar-refractivity contribution in [2.24, 2.45) is 11.7 Å². The number of nitrogens with zero attached hydrogens (tertiary/aromatic N) is 2. The molecule has 2 N–H and O–H groups in total. The molecular formula is C14H19N3O. The van der Waals surface area contributed by atoms with Gasteiger partial charge in [-0.2, -0.15) is 4.98 Å². The molecule has 2 aromatic rings. The second-order valence-corrected chi connectivity index (χ2v) is 4.65. The number of nitrogens with two attached hydrogens (primary N) is 1. The average molecular weight is 245 g/mol. The summed E-state index contributed by atoms with van der Waals surface area (Å²) in [6.07, 6.45) is 2.51. The predicted octanol–water partition coefficient (Wildman–Crippen LogP) is 2.19. The van der Waals surface area contributed by atoms with Gasteiger partial charge in [0.2, 0.25) is 5.89 Å². The van der Waals surface area contributed by atoms with E-state index in [1.165, 1.54) is 5.56 Å². The van der Waals surface area contributed by atoms with E-state index in [9.17, 15) is 0 Å². The van der Waals surface area contributed by atoms with Crippen LogP contribution in [0.3, 0.4) is 0 Å². The first-order chi connectivity index (χ1) is 8.78. The third-order valence-corrected chi connectivity index (χ3v) is 2.97. The molecule has 0 aliphatic rings. The summed E-state index contributed by atoms with van der Waals surface area (Å²) < 4.78 is 5.23. The second kappa shape index (κ2) is 6.31. The molecule has 0 radical (unpaired) electrons. The van der Waals surface area contributed by atoms with Crippen LogP contribution in [0.1, 0.15) is 30.6 Å². The minimum Gasteiger partial charge on any atom is -0.339 e. The molecule has 96 valence electrons. The second-order valence-electron chi connectivity index (χ2n) is 4.65. The smallest absolute Gasteiger partial charge is 0.226 e.